The van der Waals surface area contributed by atoms with Crippen molar-refractivity contribution in [2.45, 2.75) is 11.8 Å². The van der Waals surface area contributed by atoms with E-state index >= 15 is 0 Å². The Balaban J connectivity index is 1.99. The molecule has 2 aromatic carbocycles. The number of anilines is 1. The van der Waals surface area contributed by atoms with Crippen molar-refractivity contribution in [3.05, 3.63) is 64.3 Å². The van der Waals surface area contributed by atoms with Crippen LogP contribution < -0.4 is 5.32 Å². The smallest absolute Gasteiger partial charge is 0.256 e. The molecule has 0 saturated heterocycles. The van der Waals surface area contributed by atoms with Crippen molar-refractivity contribution in [1.82, 2.24) is 9.78 Å². The van der Waals surface area contributed by atoms with Crippen LogP contribution in [0.2, 0.25) is 0 Å². The van der Waals surface area contributed by atoms with Crippen LogP contribution in [0.3, 0.4) is 0 Å². The number of benzene rings is 2. The lowest BCUT2D eigenvalue weighted by Crippen LogP contribution is -2.15. The molecule has 27 heavy (non-hydrogen) atoms. The molecule has 0 fully saturated rings. The first kappa shape index (κ1) is 19.3. The van der Waals surface area contributed by atoms with Crippen LogP contribution in [0.4, 0.5) is 5.82 Å². The summed E-state index contributed by atoms with van der Waals surface area (Å²) in [5.74, 6) is 0.145. The fourth-order valence-electron chi connectivity index (χ4n) is 2.81. The van der Waals surface area contributed by atoms with Gasteiger partial charge in [-0.05, 0) is 42.8 Å². The molecule has 3 aromatic rings. The van der Waals surface area contributed by atoms with Gasteiger partial charge in [-0.1, -0.05) is 34.1 Å². The lowest BCUT2D eigenvalue weighted by molar-refractivity contribution is 0.102. The van der Waals surface area contributed by atoms with E-state index in [0.717, 1.165) is 27.5 Å². The number of hydrogen-bond donors (Lipinski definition) is 1. The topological polar surface area (TPSA) is 81.1 Å². The monoisotopic (exact) mass is 447 g/mol. The van der Waals surface area contributed by atoms with Crippen LogP contribution in [-0.2, 0) is 16.9 Å². The molecule has 0 saturated carbocycles. The molecule has 0 aliphatic heterocycles. The second kappa shape index (κ2) is 7.28. The molecule has 0 bridgehead atoms. The van der Waals surface area contributed by atoms with Crippen LogP contribution >= 0.6 is 15.9 Å². The lowest BCUT2D eigenvalue weighted by Gasteiger charge is -2.10. The summed E-state index contributed by atoms with van der Waals surface area (Å²) in [5, 5.41) is 7.27. The van der Waals surface area contributed by atoms with Crippen LogP contribution in [0.15, 0.2) is 57.9 Å². The molecule has 0 aliphatic carbocycles. The Bertz CT molecular complexity index is 1120. The second-order valence-electron chi connectivity index (χ2n) is 6.19. The highest BCUT2D eigenvalue weighted by Gasteiger charge is 2.19. The predicted octanol–water partition coefficient (Wildman–Crippen LogP) is 3.81. The molecule has 140 valence electrons. The Morgan fingerprint density at radius 2 is 1.81 bits per heavy atom. The van der Waals surface area contributed by atoms with Crippen molar-refractivity contribution < 1.29 is 13.2 Å². The first-order valence-corrected chi connectivity index (χ1v) is 10.8. The Morgan fingerprint density at radius 3 is 2.44 bits per heavy atom. The minimum absolute atomic E-state index is 0.101. The highest BCUT2D eigenvalue weighted by atomic mass is 79.9. The molecule has 1 N–H and O–H groups in total. The van der Waals surface area contributed by atoms with Crippen molar-refractivity contribution in [2.24, 2.45) is 7.05 Å². The Hall–Kier alpha value is -2.45. The highest BCUT2D eigenvalue weighted by Crippen LogP contribution is 2.32. The number of nitrogens with one attached hydrogen (secondary N) is 1. The van der Waals surface area contributed by atoms with Gasteiger partial charge >= 0.3 is 0 Å². The molecule has 1 aromatic heterocycles. The number of aromatic nitrogens is 2. The van der Waals surface area contributed by atoms with Gasteiger partial charge in [0.05, 0.1) is 10.6 Å². The molecule has 3 rings (SSSR count). The van der Waals surface area contributed by atoms with Gasteiger partial charge < -0.3 is 5.32 Å². The fourth-order valence-corrected chi connectivity index (χ4v) is 3.74. The normalized spacial score (nSPS) is 11.4. The van der Waals surface area contributed by atoms with E-state index in [9.17, 15) is 13.2 Å². The Kier molecular flexibility index (Phi) is 5.21. The first-order valence-electron chi connectivity index (χ1n) is 8.08. The summed E-state index contributed by atoms with van der Waals surface area (Å²) >= 11 is 3.41. The maximum absolute atomic E-state index is 12.7. The van der Waals surface area contributed by atoms with Crippen molar-refractivity contribution >= 4 is 37.5 Å². The van der Waals surface area contributed by atoms with Crippen molar-refractivity contribution in [3.63, 3.8) is 0 Å². The number of carbonyl (C=O) groups excluding carboxylic acids is 1. The minimum atomic E-state index is -3.39. The number of carbonyl (C=O) groups is 1. The minimum Gasteiger partial charge on any atom is -0.306 e. The third-order valence-electron chi connectivity index (χ3n) is 4.11. The summed E-state index contributed by atoms with van der Waals surface area (Å²) in [5.41, 5.74) is 2.78. The summed E-state index contributed by atoms with van der Waals surface area (Å²) in [6.45, 7) is 1.87. The lowest BCUT2D eigenvalue weighted by atomic mass is 10.1. The maximum Gasteiger partial charge on any atom is 0.256 e. The number of sulfone groups is 1. The fraction of sp³-hybridized carbons (Fsp3) is 0.158. The van der Waals surface area contributed by atoms with E-state index in [1.807, 2.05) is 31.2 Å². The van der Waals surface area contributed by atoms with Crippen molar-refractivity contribution in [1.29, 1.82) is 0 Å². The van der Waals surface area contributed by atoms with E-state index < -0.39 is 15.7 Å². The molecule has 0 spiro atoms. The molecule has 1 heterocycles. The molecule has 0 radical (unpaired) electrons. The van der Waals surface area contributed by atoms with E-state index in [1.54, 1.807) is 23.9 Å². The van der Waals surface area contributed by atoms with Crippen LogP contribution in [0.1, 0.15) is 16.1 Å². The average molecular weight is 448 g/mol. The van der Waals surface area contributed by atoms with E-state index in [-0.39, 0.29) is 10.5 Å². The number of rotatable bonds is 4. The second-order valence-corrected chi connectivity index (χ2v) is 9.13. The van der Waals surface area contributed by atoms with Crippen molar-refractivity contribution in [3.8, 4) is 11.1 Å². The Morgan fingerprint density at radius 1 is 1.15 bits per heavy atom. The number of amides is 1. The number of halogens is 1. The van der Waals surface area contributed by atoms with E-state index in [1.165, 1.54) is 12.1 Å². The van der Waals surface area contributed by atoms with Crippen LogP contribution in [0.5, 0.6) is 0 Å². The summed E-state index contributed by atoms with van der Waals surface area (Å²) in [6.07, 6.45) is 1.11. The molecular weight excluding hydrogens is 430 g/mol. The summed E-state index contributed by atoms with van der Waals surface area (Å²) < 4.78 is 26.0. The van der Waals surface area contributed by atoms with Gasteiger partial charge in [-0.3, -0.25) is 9.48 Å². The SMILES string of the molecule is Cc1nn(C)c(NC(=O)c2cccc(S(C)(=O)=O)c2)c1-c1ccc(Br)cc1. The Labute approximate surface area is 166 Å². The zero-order chi connectivity index (χ0) is 19.8. The molecular formula is C19H18BrN3O3S. The molecule has 1 amide bonds. The summed E-state index contributed by atoms with van der Waals surface area (Å²) in [7, 11) is -1.65. The van der Waals surface area contributed by atoms with E-state index in [0.29, 0.717) is 5.82 Å². The van der Waals surface area contributed by atoms with Gasteiger partial charge in [-0.25, -0.2) is 8.42 Å². The number of nitrogens with zero attached hydrogens (tertiary/aromatic N) is 2. The van der Waals surface area contributed by atoms with Gasteiger partial charge in [0.2, 0.25) is 0 Å². The number of hydrogen-bond acceptors (Lipinski definition) is 4. The summed E-state index contributed by atoms with van der Waals surface area (Å²) in [4.78, 5) is 12.8. The van der Waals surface area contributed by atoms with E-state index in [4.69, 9.17) is 0 Å². The van der Waals surface area contributed by atoms with Gasteiger partial charge in [0.1, 0.15) is 5.82 Å². The molecule has 0 unspecified atom stereocenters. The van der Waals surface area contributed by atoms with Gasteiger partial charge in [0.15, 0.2) is 9.84 Å². The zero-order valence-corrected chi connectivity index (χ0v) is 17.4. The molecule has 6 nitrogen and oxygen atoms in total. The van der Waals surface area contributed by atoms with Gasteiger partial charge in [-0.2, -0.15) is 5.10 Å². The highest BCUT2D eigenvalue weighted by molar-refractivity contribution is 9.10. The first-order chi connectivity index (χ1) is 12.7. The summed E-state index contributed by atoms with van der Waals surface area (Å²) in [6, 6.07) is 13.7. The van der Waals surface area contributed by atoms with Gasteiger partial charge in [0.25, 0.3) is 5.91 Å². The third-order valence-corrected chi connectivity index (χ3v) is 5.75. The van der Waals surface area contributed by atoms with E-state index in [2.05, 4.69) is 26.3 Å². The standard InChI is InChI=1S/C19H18BrN3O3S/c1-12-17(13-7-9-15(20)10-8-13)18(23(2)22-12)21-19(24)14-5-4-6-16(11-14)27(3,25)26/h4-11H,1-3H3,(H,21,24). The van der Waals surface area contributed by atoms with Crippen LogP contribution in [0, 0.1) is 6.92 Å². The zero-order valence-electron chi connectivity index (χ0n) is 15.0. The number of aryl methyl sites for hydroxylation is 2. The molecule has 8 heteroatoms. The van der Waals surface area contributed by atoms with Crippen LogP contribution in [0.25, 0.3) is 11.1 Å². The van der Waals surface area contributed by atoms with Crippen molar-refractivity contribution in [2.75, 3.05) is 11.6 Å². The maximum atomic E-state index is 12.7. The average Bonchev–Trinajstić information content (AvgIpc) is 2.88. The van der Waals surface area contributed by atoms with Crippen LogP contribution in [-0.4, -0.2) is 30.4 Å². The predicted molar refractivity (Wildman–Crippen MR) is 109 cm³/mol. The largest absolute Gasteiger partial charge is 0.306 e. The molecule has 0 aliphatic rings. The van der Waals surface area contributed by atoms with Gasteiger partial charge in [0, 0.05) is 28.9 Å². The van der Waals surface area contributed by atoms with Gasteiger partial charge in [-0.15, -0.1) is 0 Å². The molecule has 0 atom stereocenters. The third kappa shape index (κ3) is 4.12. The quantitative estimate of drug-likeness (QED) is 0.658.